The van der Waals surface area contributed by atoms with Crippen molar-refractivity contribution in [3.63, 3.8) is 0 Å². The molecule has 0 bridgehead atoms. The summed E-state index contributed by atoms with van der Waals surface area (Å²) in [7, 11) is -3.83. The van der Waals surface area contributed by atoms with Crippen molar-refractivity contribution in [2.75, 3.05) is 6.16 Å². The Morgan fingerprint density at radius 2 is 1.80 bits per heavy atom. The van der Waals surface area contributed by atoms with Crippen LogP contribution in [0.1, 0.15) is 6.42 Å². The molecule has 0 aromatic rings. The molecular weight excluding hydrogens is 151 g/mol. The van der Waals surface area contributed by atoms with Gasteiger partial charge >= 0.3 is 60.0 Å². The third-order valence-electron chi connectivity index (χ3n) is 0.861. The number of hydrogen-bond donors (Lipinski definition) is 3. The maximum absolute atomic E-state index is 8.49. The summed E-state index contributed by atoms with van der Waals surface area (Å²) in [6, 6.07) is 0. The molecule has 0 aromatic heterocycles. The van der Waals surface area contributed by atoms with E-state index in [-0.39, 0.29) is 6.16 Å². The Kier molecular flexibility index (Phi) is 4.49. The zero-order chi connectivity index (χ0) is 8.04. The summed E-state index contributed by atoms with van der Waals surface area (Å²) >= 11 is 0. The first-order valence-electron chi connectivity index (χ1n) is 2.99. The molecule has 10 heavy (non-hydrogen) atoms. The first kappa shape index (κ1) is 9.79. The van der Waals surface area contributed by atoms with Gasteiger partial charge in [0.05, 0.1) is 0 Å². The van der Waals surface area contributed by atoms with E-state index in [0.29, 0.717) is 6.42 Å². The molecule has 3 N–H and O–H groups in total. The molecule has 0 spiro atoms. The molecule has 4 heteroatoms. The summed E-state index contributed by atoms with van der Waals surface area (Å²) in [5.41, 5.74) is 0. The molecule has 60 valence electrons. The second kappa shape index (κ2) is 4.58. The maximum atomic E-state index is 8.49. The van der Waals surface area contributed by atoms with Gasteiger partial charge in [0, 0.05) is 0 Å². The monoisotopic (exact) mass is 164 g/mol. The number of hydrogen-bond acceptors (Lipinski definition) is 3. The SMILES string of the molecule is C=CCC=CC[PH](O)(O)O. The van der Waals surface area contributed by atoms with Crippen molar-refractivity contribution >= 4 is 7.94 Å². The summed E-state index contributed by atoms with van der Waals surface area (Å²) < 4.78 is 0. The molecule has 0 radical (unpaired) electrons. The van der Waals surface area contributed by atoms with Crippen LogP contribution < -0.4 is 0 Å². The third-order valence-corrected chi connectivity index (χ3v) is 1.64. The van der Waals surface area contributed by atoms with Crippen LogP contribution in [-0.4, -0.2) is 20.8 Å². The summed E-state index contributed by atoms with van der Waals surface area (Å²) in [5, 5.41) is 0. The Balaban J connectivity index is 3.43. The van der Waals surface area contributed by atoms with Gasteiger partial charge in [0.15, 0.2) is 0 Å². The van der Waals surface area contributed by atoms with Crippen LogP contribution in [0.4, 0.5) is 0 Å². The van der Waals surface area contributed by atoms with Crippen LogP contribution in [0, 0.1) is 0 Å². The van der Waals surface area contributed by atoms with Crippen LogP contribution in [-0.2, 0) is 0 Å². The van der Waals surface area contributed by atoms with E-state index in [1.807, 2.05) is 0 Å². The molecule has 0 amide bonds. The van der Waals surface area contributed by atoms with Gasteiger partial charge in [0.25, 0.3) is 0 Å². The van der Waals surface area contributed by atoms with Gasteiger partial charge in [-0.25, -0.2) is 0 Å². The van der Waals surface area contributed by atoms with Gasteiger partial charge in [-0.05, 0) is 0 Å². The number of allylic oxidation sites excluding steroid dienone is 3. The number of rotatable bonds is 4. The van der Waals surface area contributed by atoms with Crippen molar-refractivity contribution in [2.24, 2.45) is 0 Å². The zero-order valence-corrected chi connectivity index (χ0v) is 6.70. The summed E-state index contributed by atoms with van der Waals surface area (Å²) in [4.78, 5) is 25.5. The van der Waals surface area contributed by atoms with Crippen LogP contribution in [0.25, 0.3) is 0 Å². The van der Waals surface area contributed by atoms with E-state index in [0.717, 1.165) is 0 Å². The van der Waals surface area contributed by atoms with Crippen LogP contribution in [0.2, 0.25) is 0 Å². The molecule has 0 aliphatic rings. The molecule has 3 nitrogen and oxygen atoms in total. The van der Waals surface area contributed by atoms with E-state index >= 15 is 0 Å². The molecule has 0 saturated carbocycles. The van der Waals surface area contributed by atoms with Crippen molar-refractivity contribution in [3.8, 4) is 0 Å². The fourth-order valence-electron chi connectivity index (χ4n) is 0.434. The zero-order valence-electron chi connectivity index (χ0n) is 5.70. The second-order valence-electron chi connectivity index (χ2n) is 1.97. The van der Waals surface area contributed by atoms with Gasteiger partial charge in [-0.3, -0.25) is 0 Å². The summed E-state index contributed by atoms with van der Waals surface area (Å²) in [6.07, 6.45) is 5.59. The Morgan fingerprint density at radius 3 is 2.20 bits per heavy atom. The molecule has 0 unspecified atom stereocenters. The van der Waals surface area contributed by atoms with Crippen LogP contribution in [0.15, 0.2) is 24.8 Å². The molecule has 0 saturated heterocycles. The Labute approximate surface area is 60.9 Å². The minimum absolute atomic E-state index is 0.0408. The topological polar surface area (TPSA) is 60.7 Å². The quantitative estimate of drug-likeness (QED) is 0.421. The first-order valence-corrected chi connectivity index (χ1v) is 5.04. The van der Waals surface area contributed by atoms with E-state index < -0.39 is 7.94 Å². The van der Waals surface area contributed by atoms with Gasteiger partial charge < -0.3 is 0 Å². The predicted molar refractivity (Wildman–Crippen MR) is 43.8 cm³/mol. The summed E-state index contributed by atoms with van der Waals surface area (Å²) in [5.74, 6) is 0. The van der Waals surface area contributed by atoms with E-state index in [1.54, 1.807) is 12.2 Å². The Hall–Kier alpha value is -0.210. The van der Waals surface area contributed by atoms with Crippen molar-refractivity contribution < 1.29 is 14.7 Å². The first-order chi connectivity index (χ1) is 4.56. The molecule has 0 heterocycles. The predicted octanol–water partition coefficient (Wildman–Crippen LogP) is 0.590. The average molecular weight is 164 g/mol. The van der Waals surface area contributed by atoms with E-state index in [2.05, 4.69) is 6.58 Å². The minimum atomic E-state index is -3.83. The van der Waals surface area contributed by atoms with Crippen LogP contribution in [0.3, 0.4) is 0 Å². The van der Waals surface area contributed by atoms with Crippen molar-refractivity contribution in [1.82, 2.24) is 0 Å². The Morgan fingerprint density at radius 1 is 1.20 bits per heavy atom. The summed E-state index contributed by atoms with van der Waals surface area (Å²) in [6.45, 7) is 3.47. The molecule has 0 fully saturated rings. The van der Waals surface area contributed by atoms with E-state index in [1.165, 1.54) is 6.08 Å². The van der Waals surface area contributed by atoms with Gasteiger partial charge in [-0.15, -0.1) is 0 Å². The average Bonchev–Trinajstić information content (AvgIpc) is 1.78. The van der Waals surface area contributed by atoms with E-state index in [4.69, 9.17) is 14.7 Å². The van der Waals surface area contributed by atoms with Crippen LogP contribution in [0.5, 0.6) is 0 Å². The second-order valence-corrected chi connectivity index (χ2v) is 3.93. The van der Waals surface area contributed by atoms with Gasteiger partial charge in [0.1, 0.15) is 0 Å². The van der Waals surface area contributed by atoms with Gasteiger partial charge in [-0.2, -0.15) is 0 Å². The molecule has 0 aliphatic heterocycles. The third kappa shape index (κ3) is 7.79. The molecule has 0 aliphatic carbocycles. The fraction of sp³-hybridized carbons (Fsp3) is 0.333. The molecular formula is C6H13O3P. The molecule has 0 aromatic carbocycles. The Bertz CT molecular complexity index is 125. The molecule has 0 atom stereocenters. The van der Waals surface area contributed by atoms with E-state index in [9.17, 15) is 0 Å². The fourth-order valence-corrected chi connectivity index (χ4v) is 0.917. The van der Waals surface area contributed by atoms with Crippen molar-refractivity contribution in [2.45, 2.75) is 6.42 Å². The van der Waals surface area contributed by atoms with Crippen molar-refractivity contribution in [3.05, 3.63) is 24.8 Å². The molecule has 0 rings (SSSR count). The van der Waals surface area contributed by atoms with Gasteiger partial charge in [0.2, 0.25) is 0 Å². The van der Waals surface area contributed by atoms with Gasteiger partial charge in [-0.1, -0.05) is 0 Å². The standard InChI is InChI=1S/C6H13O3P/c1-2-3-4-5-6-10(7,8)9/h2,4-5,7-10H,1,3,6H2. The normalized spacial score (nSPS) is 13.9. The van der Waals surface area contributed by atoms with Crippen molar-refractivity contribution in [1.29, 1.82) is 0 Å². The van der Waals surface area contributed by atoms with Crippen LogP contribution >= 0.6 is 7.94 Å².